The molecule has 5 heteroatoms. The molecule has 1 atom stereocenters. The van der Waals surface area contributed by atoms with Gasteiger partial charge in [0.05, 0.1) is 0 Å². The van der Waals surface area contributed by atoms with E-state index in [2.05, 4.69) is 21.2 Å². The molecule has 4 nitrogen and oxygen atoms in total. The van der Waals surface area contributed by atoms with Crippen LogP contribution in [0.5, 0.6) is 0 Å². The molecule has 1 amide bonds. The molecular weight excluding hydrogens is 368 g/mol. The van der Waals surface area contributed by atoms with Crippen molar-refractivity contribution in [1.29, 1.82) is 0 Å². The summed E-state index contributed by atoms with van der Waals surface area (Å²) in [7, 11) is 0. The monoisotopic (exact) mass is 386 g/mol. The summed E-state index contributed by atoms with van der Waals surface area (Å²) < 4.78 is 0.927. The standard InChI is InChI=1S/C19H19BrN2O2/c1-19(21,13-6-8-14(20)9-7-13)18(24)22-15-10-5-12-3-2-4-17(23)16(12)11-15/h5-11H,2-4,21H2,1H3,(H,22,24). The molecule has 0 saturated heterocycles. The Morgan fingerprint density at radius 3 is 2.58 bits per heavy atom. The number of ketones is 1. The number of fused-ring (bicyclic) bond motifs is 1. The van der Waals surface area contributed by atoms with Gasteiger partial charge in [-0.1, -0.05) is 34.1 Å². The number of anilines is 1. The Kier molecular flexibility index (Phi) is 4.56. The van der Waals surface area contributed by atoms with E-state index in [9.17, 15) is 9.59 Å². The number of hydrogen-bond acceptors (Lipinski definition) is 3. The molecular formula is C19H19BrN2O2. The summed E-state index contributed by atoms with van der Waals surface area (Å²) in [4.78, 5) is 24.7. The summed E-state index contributed by atoms with van der Waals surface area (Å²) in [6, 6.07) is 12.8. The number of nitrogens with one attached hydrogen (secondary N) is 1. The van der Waals surface area contributed by atoms with Gasteiger partial charge in [0.2, 0.25) is 5.91 Å². The first kappa shape index (κ1) is 16.9. The summed E-state index contributed by atoms with van der Waals surface area (Å²) in [5, 5.41) is 2.84. The zero-order valence-electron chi connectivity index (χ0n) is 13.4. The lowest BCUT2D eigenvalue weighted by molar-refractivity contribution is -0.120. The summed E-state index contributed by atoms with van der Waals surface area (Å²) in [6.07, 6.45) is 2.36. The van der Waals surface area contributed by atoms with Crippen molar-refractivity contribution in [2.24, 2.45) is 5.73 Å². The van der Waals surface area contributed by atoms with Gasteiger partial charge < -0.3 is 11.1 Å². The lowest BCUT2D eigenvalue weighted by atomic mass is 9.89. The molecule has 0 aliphatic heterocycles. The number of hydrogen-bond donors (Lipinski definition) is 2. The van der Waals surface area contributed by atoms with Gasteiger partial charge in [-0.3, -0.25) is 9.59 Å². The van der Waals surface area contributed by atoms with Gasteiger partial charge in [-0.2, -0.15) is 0 Å². The highest BCUT2D eigenvalue weighted by molar-refractivity contribution is 9.10. The van der Waals surface area contributed by atoms with E-state index in [0.29, 0.717) is 17.7 Å². The predicted octanol–water partition coefficient (Wildman–Crippen LogP) is 3.78. The van der Waals surface area contributed by atoms with E-state index in [4.69, 9.17) is 5.73 Å². The van der Waals surface area contributed by atoms with Crippen LogP contribution in [-0.4, -0.2) is 11.7 Å². The summed E-state index contributed by atoms with van der Waals surface area (Å²) >= 11 is 3.37. The average Bonchev–Trinajstić information content (AvgIpc) is 2.56. The van der Waals surface area contributed by atoms with E-state index >= 15 is 0 Å². The first-order valence-electron chi connectivity index (χ1n) is 7.90. The largest absolute Gasteiger partial charge is 0.324 e. The Morgan fingerprint density at radius 1 is 1.17 bits per heavy atom. The fourth-order valence-corrected chi connectivity index (χ4v) is 3.16. The third-order valence-electron chi connectivity index (χ3n) is 4.43. The number of amides is 1. The Balaban J connectivity index is 1.82. The third kappa shape index (κ3) is 3.28. The van der Waals surface area contributed by atoms with Gasteiger partial charge >= 0.3 is 0 Å². The van der Waals surface area contributed by atoms with Crippen LogP contribution in [0.1, 0.15) is 41.3 Å². The Morgan fingerprint density at radius 2 is 1.88 bits per heavy atom. The maximum Gasteiger partial charge on any atom is 0.248 e. The third-order valence-corrected chi connectivity index (χ3v) is 4.96. The van der Waals surface area contributed by atoms with Crippen LogP contribution in [0.15, 0.2) is 46.9 Å². The van der Waals surface area contributed by atoms with Gasteiger partial charge in [-0.05, 0) is 55.2 Å². The van der Waals surface area contributed by atoms with Crippen molar-refractivity contribution >= 4 is 33.3 Å². The van der Waals surface area contributed by atoms with Crippen molar-refractivity contribution in [1.82, 2.24) is 0 Å². The van der Waals surface area contributed by atoms with Crippen LogP contribution in [-0.2, 0) is 16.8 Å². The minimum atomic E-state index is -1.17. The van der Waals surface area contributed by atoms with E-state index in [1.54, 1.807) is 13.0 Å². The number of rotatable bonds is 3. The van der Waals surface area contributed by atoms with Gasteiger partial charge in [0, 0.05) is 22.1 Å². The molecule has 0 heterocycles. The topological polar surface area (TPSA) is 72.2 Å². The van der Waals surface area contributed by atoms with Crippen molar-refractivity contribution in [2.75, 3.05) is 5.32 Å². The van der Waals surface area contributed by atoms with E-state index in [1.807, 2.05) is 36.4 Å². The second-order valence-corrected chi connectivity index (χ2v) is 7.23. The van der Waals surface area contributed by atoms with E-state index in [0.717, 1.165) is 28.4 Å². The molecule has 3 rings (SSSR count). The first-order chi connectivity index (χ1) is 11.4. The van der Waals surface area contributed by atoms with E-state index < -0.39 is 5.54 Å². The van der Waals surface area contributed by atoms with E-state index in [1.165, 1.54) is 0 Å². The molecule has 0 bridgehead atoms. The number of Topliss-reactive ketones (excluding diaryl/α,β-unsaturated/α-hetero) is 1. The molecule has 0 fully saturated rings. The minimum Gasteiger partial charge on any atom is -0.324 e. The van der Waals surface area contributed by atoms with Gasteiger partial charge in [0.25, 0.3) is 0 Å². The summed E-state index contributed by atoms with van der Waals surface area (Å²) in [6.45, 7) is 1.68. The predicted molar refractivity (Wildman–Crippen MR) is 98.0 cm³/mol. The number of benzene rings is 2. The highest BCUT2D eigenvalue weighted by atomic mass is 79.9. The van der Waals surface area contributed by atoms with Crippen molar-refractivity contribution in [3.63, 3.8) is 0 Å². The maximum absolute atomic E-state index is 12.6. The van der Waals surface area contributed by atoms with Crippen LogP contribution < -0.4 is 11.1 Å². The van der Waals surface area contributed by atoms with Crippen LogP contribution in [0, 0.1) is 0 Å². The van der Waals surface area contributed by atoms with Crippen LogP contribution in [0.3, 0.4) is 0 Å². The number of halogens is 1. The molecule has 0 aromatic heterocycles. The van der Waals surface area contributed by atoms with Gasteiger partial charge in [0.15, 0.2) is 5.78 Å². The Labute approximate surface area is 149 Å². The molecule has 2 aromatic rings. The molecule has 0 spiro atoms. The van der Waals surface area contributed by atoms with Crippen molar-refractivity contribution in [3.8, 4) is 0 Å². The first-order valence-corrected chi connectivity index (χ1v) is 8.70. The fraction of sp³-hybridized carbons (Fsp3) is 0.263. The lowest BCUT2D eigenvalue weighted by Crippen LogP contribution is -2.45. The lowest BCUT2D eigenvalue weighted by Gasteiger charge is -2.25. The van der Waals surface area contributed by atoms with Gasteiger partial charge in [-0.15, -0.1) is 0 Å². The molecule has 2 aromatic carbocycles. The second kappa shape index (κ2) is 6.49. The Bertz CT molecular complexity index is 798. The smallest absolute Gasteiger partial charge is 0.248 e. The van der Waals surface area contributed by atoms with Crippen LogP contribution in [0.4, 0.5) is 5.69 Å². The molecule has 3 N–H and O–H groups in total. The molecule has 0 saturated carbocycles. The quantitative estimate of drug-likeness (QED) is 0.842. The van der Waals surface area contributed by atoms with Gasteiger partial charge in [-0.25, -0.2) is 0 Å². The SMILES string of the molecule is CC(N)(C(=O)Nc1ccc2c(c1)C(=O)CCC2)c1ccc(Br)cc1. The molecule has 0 radical (unpaired) electrons. The van der Waals surface area contributed by atoms with Crippen molar-refractivity contribution in [2.45, 2.75) is 31.7 Å². The molecule has 1 unspecified atom stereocenters. The average molecular weight is 387 g/mol. The Hall–Kier alpha value is -1.98. The van der Waals surface area contributed by atoms with Crippen molar-refractivity contribution in [3.05, 3.63) is 63.6 Å². The highest BCUT2D eigenvalue weighted by Crippen LogP contribution is 2.26. The van der Waals surface area contributed by atoms with Crippen LogP contribution in [0.2, 0.25) is 0 Å². The van der Waals surface area contributed by atoms with Crippen LogP contribution >= 0.6 is 15.9 Å². The number of carbonyl (C=O) groups excluding carboxylic acids is 2. The maximum atomic E-state index is 12.6. The number of aryl methyl sites for hydroxylation is 1. The zero-order chi connectivity index (χ0) is 17.3. The second-order valence-electron chi connectivity index (χ2n) is 6.31. The summed E-state index contributed by atoms with van der Waals surface area (Å²) in [5.74, 6) is -0.177. The normalized spacial score (nSPS) is 16.2. The molecule has 24 heavy (non-hydrogen) atoms. The molecule has 124 valence electrons. The van der Waals surface area contributed by atoms with Gasteiger partial charge in [0.1, 0.15) is 5.54 Å². The van der Waals surface area contributed by atoms with Crippen LogP contribution in [0.25, 0.3) is 0 Å². The fourth-order valence-electron chi connectivity index (χ4n) is 2.89. The zero-order valence-corrected chi connectivity index (χ0v) is 15.0. The molecule has 1 aliphatic rings. The number of nitrogens with two attached hydrogens (primary N) is 1. The summed E-state index contributed by atoms with van der Waals surface area (Å²) in [5.41, 5.74) is 8.16. The van der Waals surface area contributed by atoms with E-state index in [-0.39, 0.29) is 11.7 Å². The highest BCUT2D eigenvalue weighted by Gasteiger charge is 2.31. The molecule has 1 aliphatic carbocycles. The van der Waals surface area contributed by atoms with Crippen molar-refractivity contribution < 1.29 is 9.59 Å². The minimum absolute atomic E-state index is 0.135. The number of carbonyl (C=O) groups is 2.